The molecule has 8 nitrogen and oxygen atoms in total. The van der Waals surface area contributed by atoms with E-state index in [4.69, 9.17) is 20.9 Å². The van der Waals surface area contributed by atoms with Gasteiger partial charge in [-0.15, -0.1) is 5.10 Å². The van der Waals surface area contributed by atoms with E-state index in [-0.39, 0.29) is 5.96 Å². The van der Waals surface area contributed by atoms with Gasteiger partial charge in [-0.05, 0) is 42.8 Å². The standard InChI is InChI=1S/C16H17N5O3/c1-2-23-15(22)12-7-8-19-14(9-12)24-13-5-3-11(4-6-13)10-20-21-16(17)18/h3-10H,2H2,1H3,(H4,17,18,21). The van der Waals surface area contributed by atoms with Gasteiger partial charge >= 0.3 is 5.97 Å². The SMILES string of the molecule is CCOC(=O)c1ccnc(Oc2ccc(C=NN=C(N)N)cc2)c1. The van der Waals surface area contributed by atoms with Gasteiger partial charge in [0.25, 0.3) is 0 Å². The van der Waals surface area contributed by atoms with Crippen LogP contribution in [-0.2, 0) is 4.74 Å². The van der Waals surface area contributed by atoms with Gasteiger partial charge in [0.15, 0.2) is 0 Å². The zero-order chi connectivity index (χ0) is 17.4. The molecule has 24 heavy (non-hydrogen) atoms. The average Bonchev–Trinajstić information content (AvgIpc) is 2.57. The van der Waals surface area contributed by atoms with Crippen molar-refractivity contribution in [3.63, 3.8) is 0 Å². The minimum atomic E-state index is -0.420. The van der Waals surface area contributed by atoms with Crippen LogP contribution >= 0.6 is 0 Å². The van der Waals surface area contributed by atoms with Gasteiger partial charge in [0, 0.05) is 12.3 Å². The van der Waals surface area contributed by atoms with Crippen LogP contribution in [0.25, 0.3) is 0 Å². The van der Waals surface area contributed by atoms with Crippen molar-refractivity contribution in [3.8, 4) is 11.6 Å². The number of carbonyl (C=O) groups excluding carboxylic acids is 1. The van der Waals surface area contributed by atoms with Crippen LogP contribution in [0.1, 0.15) is 22.8 Å². The van der Waals surface area contributed by atoms with Gasteiger partial charge in [0.1, 0.15) is 5.75 Å². The minimum Gasteiger partial charge on any atom is -0.462 e. The second kappa shape index (κ2) is 8.28. The maximum atomic E-state index is 11.7. The first-order valence-electron chi connectivity index (χ1n) is 7.11. The third-order valence-corrected chi connectivity index (χ3v) is 2.73. The molecular formula is C16H17N5O3. The van der Waals surface area contributed by atoms with Gasteiger partial charge < -0.3 is 20.9 Å². The summed E-state index contributed by atoms with van der Waals surface area (Å²) in [7, 11) is 0. The summed E-state index contributed by atoms with van der Waals surface area (Å²) in [5.74, 6) is 0.319. The number of guanidine groups is 1. The van der Waals surface area contributed by atoms with E-state index in [0.29, 0.717) is 23.8 Å². The van der Waals surface area contributed by atoms with Crippen LogP contribution in [0.5, 0.6) is 11.6 Å². The number of nitrogens with zero attached hydrogens (tertiary/aromatic N) is 3. The molecular weight excluding hydrogens is 310 g/mol. The summed E-state index contributed by atoms with van der Waals surface area (Å²) in [6.07, 6.45) is 2.99. The number of hydrogen-bond acceptors (Lipinski definition) is 6. The van der Waals surface area contributed by atoms with E-state index >= 15 is 0 Å². The lowest BCUT2D eigenvalue weighted by Gasteiger charge is -2.06. The topological polar surface area (TPSA) is 125 Å². The normalized spacial score (nSPS) is 10.4. The van der Waals surface area contributed by atoms with Crippen LogP contribution in [-0.4, -0.2) is 29.7 Å². The zero-order valence-electron chi connectivity index (χ0n) is 13.0. The summed E-state index contributed by atoms with van der Waals surface area (Å²) < 4.78 is 10.6. The van der Waals surface area contributed by atoms with E-state index < -0.39 is 5.97 Å². The first-order chi connectivity index (χ1) is 11.6. The van der Waals surface area contributed by atoms with Crippen LogP contribution in [0.2, 0.25) is 0 Å². The Kier molecular flexibility index (Phi) is 5.84. The number of nitrogens with two attached hydrogens (primary N) is 2. The van der Waals surface area contributed by atoms with Crippen molar-refractivity contribution in [2.45, 2.75) is 6.92 Å². The van der Waals surface area contributed by atoms with E-state index in [2.05, 4.69) is 15.2 Å². The molecule has 124 valence electrons. The van der Waals surface area contributed by atoms with Crippen molar-refractivity contribution >= 4 is 18.1 Å². The van der Waals surface area contributed by atoms with Crippen molar-refractivity contribution in [3.05, 3.63) is 53.7 Å². The molecule has 8 heteroatoms. The molecule has 2 rings (SSSR count). The summed E-state index contributed by atoms with van der Waals surface area (Å²) in [6, 6.07) is 10.1. The molecule has 1 heterocycles. The van der Waals surface area contributed by atoms with E-state index in [1.165, 1.54) is 18.5 Å². The Hall–Kier alpha value is -3.42. The number of carbonyl (C=O) groups is 1. The maximum Gasteiger partial charge on any atom is 0.338 e. The third kappa shape index (κ3) is 5.09. The Bertz CT molecular complexity index is 753. The molecule has 0 atom stereocenters. The summed E-state index contributed by atoms with van der Waals surface area (Å²) >= 11 is 0. The lowest BCUT2D eigenvalue weighted by atomic mass is 10.2. The fraction of sp³-hybridized carbons (Fsp3) is 0.125. The summed E-state index contributed by atoms with van der Waals surface area (Å²) in [4.78, 5) is 15.8. The molecule has 1 aromatic heterocycles. The van der Waals surface area contributed by atoms with Crippen molar-refractivity contribution in [1.29, 1.82) is 0 Å². The van der Waals surface area contributed by atoms with Gasteiger partial charge in [-0.1, -0.05) is 0 Å². The van der Waals surface area contributed by atoms with E-state index in [1.54, 1.807) is 37.3 Å². The second-order valence-corrected chi connectivity index (χ2v) is 4.54. The van der Waals surface area contributed by atoms with Crippen LogP contribution in [0.3, 0.4) is 0 Å². The third-order valence-electron chi connectivity index (χ3n) is 2.73. The van der Waals surface area contributed by atoms with Crippen molar-refractivity contribution in [2.24, 2.45) is 21.7 Å². The average molecular weight is 327 g/mol. The Morgan fingerprint density at radius 2 is 2.00 bits per heavy atom. The quantitative estimate of drug-likeness (QED) is 0.360. The zero-order valence-corrected chi connectivity index (χ0v) is 13.0. The molecule has 4 N–H and O–H groups in total. The molecule has 0 aliphatic rings. The van der Waals surface area contributed by atoms with Crippen molar-refractivity contribution in [1.82, 2.24) is 4.98 Å². The fourth-order valence-corrected chi connectivity index (χ4v) is 1.71. The number of ether oxygens (including phenoxy) is 2. The lowest BCUT2D eigenvalue weighted by Crippen LogP contribution is -2.21. The first kappa shape index (κ1) is 16.9. The molecule has 2 aromatic rings. The number of aromatic nitrogens is 1. The predicted molar refractivity (Wildman–Crippen MR) is 90.1 cm³/mol. The maximum absolute atomic E-state index is 11.7. The van der Waals surface area contributed by atoms with Crippen molar-refractivity contribution < 1.29 is 14.3 Å². The molecule has 1 aromatic carbocycles. The van der Waals surface area contributed by atoms with E-state index in [9.17, 15) is 4.79 Å². The molecule has 0 spiro atoms. The fourth-order valence-electron chi connectivity index (χ4n) is 1.71. The number of hydrogen-bond donors (Lipinski definition) is 2. The Balaban J connectivity index is 2.06. The Morgan fingerprint density at radius 1 is 1.25 bits per heavy atom. The van der Waals surface area contributed by atoms with Crippen LogP contribution in [0, 0.1) is 0 Å². The van der Waals surface area contributed by atoms with Gasteiger partial charge in [-0.2, -0.15) is 5.10 Å². The lowest BCUT2D eigenvalue weighted by molar-refractivity contribution is 0.0526. The molecule has 0 saturated carbocycles. The molecule has 0 unspecified atom stereocenters. The summed E-state index contributed by atoms with van der Waals surface area (Å²) in [5, 5.41) is 7.22. The molecule has 0 fully saturated rings. The summed E-state index contributed by atoms with van der Waals surface area (Å²) in [5.41, 5.74) is 11.5. The highest BCUT2D eigenvalue weighted by atomic mass is 16.5. The predicted octanol–water partition coefficient (Wildman–Crippen LogP) is 1.66. The molecule has 0 aliphatic heterocycles. The van der Waals surface area contributed by atoms with Crippen LogP contribution in [0.4, 0.5) is 0 Å². The van der Waals surface area contributed by atoms with E-state index in [1.807, 2.05) is 0 Å². The highest BCUT2D eigenvalue weighted by molar-refractivity contribution is 5.89. The van der Waals surface area contributed by atoms with Crippen molar-refractivity contribution in [2.75, 3.05) is 6.61 Å². The molecule has 0 saturated heterocycles. The first-order valence-corrected chi connectivity index (χ1v) is 7.11. The molecule has 0 radical (unpaired) electrons. The molecule has 0 amide bonds. The summed E-state index contributed by atoms with van der Waals surface area (Å²) in [6.45, 7) is 2.05. The second-order valence-electron chi connectivity index (χ2n) is 4.54. The van der Waals surface area contributed by atoms with Crippen LogP contribution < -0.4 is 16.2 Å². The number of benzene rings is 1. The van der Waals surface area contributed by atoms with Gasteiger partial charge in [0.05, 0.1) is 18.4 Å². The number of pyridine rings is 1. The Morgan fingerprint density at radius 3 is 2.67 bits per heavy atom. The van der Waals surface area contributed by atoms with Gasteiger partial charge in [-0.25, -0.2) is 9.78 Å². The molecule has 0 aliphatic carbocycles. The number of rotatable bonds is 6. The number of esters is 1. The monoisotopic (exact) mass is 327 g/mol. The minimum absolute atomic E-state index is 0.112. The van der Waals surface area contributed by atoms with Gasteiger partial charge in [0.2, 0.25) is 11.8 Å². The largest absolute Gasteiger partial charge is 0.462 e. The smallest absolute Gasteiger partial charge is 0.338 e. The van der Waals surface area contributed by atoms with Gasteiger partial charge in [-0.3, -0.25) is 0 Å². The van der Waals surface area contributed by atoms with Crippen LogP contribution in [0.15, 0.2) is 52.8 Å². The van der Waals surface area contributed by atoms with E-state index in [0.717, 1.165) is 5.56 Å². The highest BCUT2D eigenvalue weighted by Gasteiger charge is 2.08. The molecule has 0 bridgehead atoms. The Labute approximate surface area is 138 Å². The highest BCUT2D eigenvalue weighted by Crippen LogP contribution is 2.20.